The van der Waals surface area contributed by atoms with Gasteiger partial charge in [-0.2, -0.15) is 0 Å². The van der Waals surface area contributed by atoms with E-state index in [2.05, 4.69) is 4.74 Å². The number of ether oxygens (including phenoxy) is 1. The van der Waals surface area contributed by atoms with E-state index in [0.717, 1.165) is 5.56 Å². The minimum atomic E-state index is -0.531. The molecule has 1 aromatic rings. The van der Waals surface area contributed by atoms with Crippen LogP contribution in [-0.4, -0.2) is 29.9 Å². The minimum Gasteiger partial charge on any atom is -0.453 e. The van der Waals surface area contributed by atoms with Gasteiger partial charge in [0.15, 0.2) is 0 Å². The van der Waals surface area contributed by atoms with Crippen molar-refractivity contribution in [3.8, 4) is 0 Å². The number of carbonyl (C=O) groups excluding carboxylic acids is 1. The first-order valence-electron chi connectivity index (χ1n) is 4.25. The van der Waals surface area contributed by atoms with Crippen molar-refractivity contribution in [3.05, 3.63) is 35.9 Å². The smallest absolute Gasteiger partial charge is 0.411 e. The van der Waals surface area contributed by atoms with E-state index in [4.69, 9.17) is 5.11 Å². The van der Waals surface area contributed by atoms with Gasteiger partial charge >= 0.3 is 6.09 Å². The Morgan fingerprint density at radius 2 is 2.07 bits per heavy atom. The molecule has 1 amide bonds. The molecule has 0 heterocycles. The Labute approximate surface area is 82.7 Å². The second kappa shape index (κ2) is 5.24. The van der Waals surface area contributed by atoms with Crippen molar-refractivity contribution in [3.63, 3.8) is 0 Å². The number of rotatable bonds is 3. The van der Waals surface area contributed by atoms with Crippen LogP contribution in [0.2, 0.25) is 0 Å². The van der Waals surface area contributed by atoms with Crippen LogP contribution in [0.4, 0.5) is 4.79 Å². The number of aliphatic hydroxyl groups is 1. The Balaban J connectivity index is 2.62. The second-order valence-electron chi connectivity index (χ2n) is 2.80. The highest BCUT2D eigenvalue weighted by Crippen LogP contribution is 2.04. The van der Waals surface area contributed by atoms with Gasteiger partial charge in [0.05, 0.1) is 13.7 Å². The van der Waals surface area contributed by atoms with Gasteiger partial charge in [-0.05, 0) is 5.56 Å². The van der Waals surface area contributed by atoms with E-state index in [9.17, 15) is 4.79 Å². The van der Waals surface area contributed by atoms with Crippen molar-refractivity contribution >= 4 is 6.09 Å². The molecule has 0 saturated carbocycles. The molecule has 0 fully saturated rings. The summed E-state index contributed by atoms with van der Waals surface area (Å²) in [6.07, 6.45) is -0.531. The molecule has 1 aromatic carbocycles. The van der Waals surface area contributed by atoms with Crippen LogP contribution in [-0.2, 0) is 11.3 Å². The highest BCUT2D eigenvalue weighted by Gasteiger charge is 2.11. The van der Waals surface area contributed by atoms with Gasteiger partial charge in [-0.1, -0.05) is 30.3 Å². The zero-order valence-corrected chi connectivity index (χ0v) is 8.01. The lowest BCUT2D eigenvalue weighted by Crippen LogP contribution is -2.31. The van der Waals surface area contributed by atoms with Crippen molar-refractivity contribution in [2.45, 2.75) is 6.54 Å². The average Bonchev–Trinajstić information content (AvgIpc) is 2.26. The van der Waals surface area contributed by atoms with E-state index < -0.39 is 6.09 Å². The van der Waals surface area contributed by atoms with Crippen LogP contribution < -0.4 is 0 Å². The van der Waals surface area contributed by atoms with E-state index in [1.807, 2.05) is 30.3 Å². The summed E-state index contributed by atoms with van der Waals surface area (Å²) in [6, 6.07) is 9.41. The van der Waals surface area contributed by atoms with Gasteiger partial charge in [0.1, 0.15) is 6.73 Å². The van der Waals surface area contributed by atoms with Crippen molar-refractivity contribution in [1.29, 1.82) is 0 Å². The van der Waals surface area contributed by atoms with Gasteiger partial charge in [0.2, 0.25) is 0 Å². The van der Waals surface area contributed by atoms with Crippen LogP contribution in [0.1, 0.15) is 5.56 Å². The van der Waals surface area contributed by atoms with Gasteiger partial charge in [0, 0.05) is 0 Å². The predicted octanol–water partition coefficient (Wildman–Crippen LogP) is 1.20. The number of aliphatic hydroxyl groups excluding tert-OH is 1. The zero-order valence-electron chi connectivity index (χ0n) is 8.01. The number of hydrogen-bond donors (Lipinski definition) is 1. The molecule has 76 valence electrons. The highest BCUT2D eigenvalue weighted by molar-refractivity contribution is 5.67. The van der Waals surface area contributed by atoms with Gasteiger partial charge in [-0.3, -0.25) is 4.90 Å². The summed E-state index contributed by atoms with van der Waals surface area (Å²) < 4.78 is 4.50. The van der Waals surface area contributed by atoms with Crippen LogP contribution in [0, 0.1) is 0 Å². The van der Waals surface area contributed by atoms with Gasteiger partial charge in [-0.15, -0.1) is 0 Å². The fourth-order valence-corrected chi connectivity index (χ4v) is 1.11. The molecule has 0 aliphatic carbocycles. The van der Waals surface area contributed by atoms with Crippen molar-refractivity contribution < 1.29 is 14.6 Å². The molecule has 0 aliphatic heterocycles. The average molecular weight is 195 g/mol. The first kappa shape index (κ1) is 10.5. The van der Waals surface area contributed by atoms with Crippen molar-refractivity contribution in [1.82, 2.24) is 4.90 Å². The molecule has 0 atom stereocenters. The largest absolute Gasteiger partial charge is 0.453 e. The molecule has 0 saturated heterocycles. The molecule has 0 bridgehead atoms. The quantitative estimate of drug-likeness (QED) is 0.737. The van der Waals surface area contributed by atoms with Crippen LogP contribution >= 0.6 is 0 Å². The van der Waals surface area contributed by atoms with E-state index in [-0.39, 0.29) is 6.73 Å². The lowest BCUT2D eigenvalue weighted by molar-refractivity contribution is 0.0713. The van der Waals surface area contributed by atoms with Crippen LogP contribution in [0.25, 0.3) is 0 Å². The third-order valence-corrected chi connectivity index (χ3v) is 1.82. The van der Waals surface area contributed by atoms with E-state index in [1.165, 1.54) is 12.0 Å². The van der Waals surface area contributed by atoms with Gasteiger partial charge in [0.25, 0.3) is 0 Å². The van der Waals surface area contributed by atoms with E-state index >= 15 is 0 Å². The molecular formula is C10H13NO3. The Morgan fingerprint density at radius 1 is 1.43 bits per heavy atom. The number of hydrogen-bond acceptors (Lipinski definition) is 3. The fraction of sp³-hybridized carbons (Fsp3) is 0.300. The molecule has 0 spiro atoms. The van der Waals surface area contributed by atoms with Crippen LogP contribution in [0.15, 0.2) is 30.3 Å². The monoisotopic (exact) mass is 195 g/mol. The molecule has 1 N–H and O–H groups in total. The standard InChI is InChI=1S/C10H13NO3/c1-14-10(13)11(8-12)7-9-5-3-2-4-6-9/h2-6,12H,7-8H2,1H3. The summed E-state index contributed by atoms with van der Waals surface area (Å²) in [5.74, 6) is 0. The highest BCUT2D eigenvalue weighted by atomic mass is 16.5. The lowest BCUT2D eigenvalue weighted by atomic mass is 10.2. The van der Waals surface area contributed by atoms with Gasteiger partial charge < -0.3 is 9.84 Å². The Kier molecular flexibility index (Phi) is 3.94. The SMILES string of the molecule is COC(=O)N(CO)Cc1ccccc1. The summed E-state index contributed by atoms with van der Waals surface area (Å²) in [6.45, 7) is 0.00554. The molecule has 0 unspecified atom stereocenters. The van der Waals surface area contributed by atoms with Crippen molar-refractivity contribution in [2.24, 2.45) is 0 Å². The lowest BCUT2D eigenvalue weighted by Gasteiger charge is -2.17. The normalized spacial score (nSPS) is 9.57. The number of carbonyl (C=O) groups is 1. The number of benzene rings is 1. The number of methoxy groups -OCH3 is 1. The summed E-state index contributed by atoms with van der Waals surface area (Å²) in [4.78, 5) is 12.3. The number of nitrogens with zero attached hydrogens (tertiary/aromatic N) is 1. The maximum atomic E-state index is 11.1. The molecule has 14 heavy (non-hydrogen) atoms. The first-order chi connectivity index (χ1) is 6.77. The Hall–Kier alpha value is -1.55. The number of amides is 1. The van der Waals surface area contributed by atoms with Gasteiger partial charge in [-0.25, -0.2) is 4.79 Å². The van der Waals surface area contributed by atoms with Crippen LogP contribution in [0.3, 0.4) is 0 Å². The first-order valence-corrected chi connectivity index (χ1v) is 4.25. The van der Waals surface area contributed by atoms with E-state index in [1.54, 1.807) is 0 Å². The molecule has 4 heteroatoms. The predicted molar refractivity (Wildman–Crippen MR) is 51.5 cm³/mol. The summed E-state index contributed by atoms with van der Waals surface area (Å²) >= 11 is 0. The molecule has 0 aromatic heterocycles. The third-order valence-electron chi connectivity index (χ3n) is 1.82. The fourth-order valence-electron chi connectivity index (χ4n) is 1.11. The maximum Gasteiger partial charge on any atom is 0.411 e. The molecule has 0 aliphatic rings. The van der Waals surface area contributed by atoms with E-state index in [0.29, 0.717) is 6.54 Å². The topological polar surface area (TPSA) is 49.8 Å². The summed E-state index contributed by atoms with van der Waals surface area (Å²) in [5.41, 5.74) is 0.951. The zero-order chi connectivity index (χ0) is 10.4. The second-order valence-corrected chi connectivity index (χ2v) is 2.80. The summed E-state index contributed by atoms with van der Waals surface area (Å²) in [5, 5.41) is 8.91. The Morgan fingerprint density at radius 3 is 2.57 bits per heavy atom. The molecule has 0 radical (unpaired) electrons. The Bertz CT molecular complexity index is 287. The summed E-state index contributed by atoms with van der Waals surface area (Å²) in [7, 11) is 1.29. The molecule has 4 nitrogen and oxygen atoms in total. The van der Waals surface area contributed by atoms with Crippen LogP contribution in [0.5, 0.6) is 0 Å². The minimum absolute atomic E-state index is 0.346. The molecule has 1 rings (SSSR count). The van der Waals surface area contributed by atoms with Crippen molar-refractivity contribution in [2.75, 3.05) is 13.8 Å². The third kappa shape index (κ3) is 2.74. The maximum absolute atomic E-state index is 11.1. The molecular weight excluding hydrogens is 182 g/mol.